The van der Waals surface area contributed by atoms with Crippen molar-refractivity contribution in [2.24, 2.45) is 0 Å². The number of ether oxygens (including phenoxy) is 1. The number of urea groups is 1. The van der Waals surface area contributed by atoms with Crippen LogP contribution in [-0.2, 0) is 32.0 Å². The van der Waals surface area contributed by atoms with Gasteiger partial charge in [0.2, 0.25) is 5.91 Å². The van der Waals surface area contributed by atoms with Crippen molar-refractivity contribution in [1.82, 2.24) is 16.0 Å². The summed E-state index contributed by atoms with van der Waals surface area (Å²) in [6.45, 7) is 2.42. The summed E-state index contributed by atoms with van der Waals surface area (Å²) >= 11 is 0. The molecule has 0 radical (unpaired) electrons. The lowest BCUT2D eigenvalue weighted by Crippen LogP contribution is -2.54. The zero-order chi connectivity index (χ0) is 28.8. The van der Waals surface area contributed by atoms with Gasteiger partial charge in [0.25, 0.3) is 6.10 Å². The Morgan fingerprint density at radius 1 is 0.744 bits per heavy atom. The standard InChI is InChI=1S/C27H33N3O9/c1-2-3-7-14-28-23(31)20(15-18-10-12-19(13-11-18)39-22(25(34)35)26(36)37)29-27(38)30-21(24(32)33)16-17-8-5-4-6-9-17/h4-6,8-13,20-22H,2-3,7,14-16H2,1H3,(H,28,31)(H,32,33)(H,34,35)(H,36,37)(H2,29,30,38)/t20-,21?/m0/s1. The summed E-state index contributed by atoms with van der Waals surface area (Å²) in [5.74, 6) is -5.02. The lowest BCUT2D eigenvalue weighted by Gasteiger charge is -2.21. The van der Waals surface area contributed by atoms with Gasteiger partial charge in [0.15, 0.2) is 0 Å². The Balaban J connectivity index is 2.11. The van der Waals surface area contributed by atoms with Crippen LogP contribution in [0.1, 0.15) is 37.3 Å². The van der Waals surface area contributed by atoms with E-state index in [2.05, 4.69) is 16.0 Å². The molecular weight excluding hydrogens is 510 g/mol. The number of carboxylic acid groups (broad SMARTS) is 3. The van der Waals surface area contributed by atoms with Gasteiger partial charge in [-0.25, -0.2) is 19.2 Å². The molecule has 0 bridgehead atoms. The molecule has 2 aromatic rings. The summed E-state index contributed by atoms with van der Waals surface area (Å²) in [5, 5.41) is 35.2. The van der Waals surface area contributed by atoms with E-state index >= 15 is 0 Å². The maximum atomic E-state index is 12.9. The van der Waals surface area contributed by atoms with Crippen molar-refractivity contribution in [3.8, 4) is 5.75 Å². The molecule has 6 N–H and O–H groups in total. The monoisotopic (exact) mass is 543 g/mol. The average molecular weight is 544 g/mol. The van der Waals surface area contributed by atoms with E-state index in [0.717, 1.165) is 19.3 Å². The van der Waals surface area contributed by atoms with E-state index in [4.69, 9.17) is 14.9 Å². The van der Waals surface area contributed by atoms with Crippen molar-refractivity contribution in [3.63, 3.8) is 0 Å². The van der Waals surface area contributed by atoms with Crippen molar-refractivity contribution in [2.75, 3.05) is 6.54 Å². The molecule has 1 unspecified atom stereocenters. The highest BCUT2D eigenvalue weighted by atomic mass is 16.5. The highest BCUT2D eigenvalue weighted by Gasteiger charge is 2.28. The molecule has 2 rings (SSSR count). The molecule has 0 aliphatic rings. The number of benzene rings is 2. The minimum absolute atomic E-state index is 0.00923. The van der Waals surface area contributed by atoms with Crippen LogP contribution in [0, 0.1) is 0 Å². The normalized spacial score (nSPS) is 12.2. The van der Waals surface area contributed by atoms with E-state index in [1.54, 1.807) is 30.3 Å². The van der Waals surface area contributed by atoms with E-state index in [1.807, 2.05) is 6.92 Å². The fourth-order valence-electron chi connectivity index (χ4n) is 3.61. The second-order valence-electron chi connectivity index (χ2n) is 8.77. The zero-order valence-corrected chi connectivity index (χ0v) is 21.5. The average Bonchev–Trinajstić information content (AvgIpc) is 2.90. The third-order valence-corrected chi connectivity index (χ3v) is 5.65. The van der Waals surface area contributed by atoms with Crippen LogP contribution < -0.4 is 20.7 Å². The molecule has 0 fully saturated rings. The number of carboxylic acids is 3. The summed E-state index contributed by atoms with van der Waals surface area (Å²) in [6, 6.07) is 11.4. The van der Waals surface area contributed by atoms with Crippen LogP contribution in [0.25, 0.3) is 0 Å². The molecule has 0 aliphatic carbocycles. The quantitative estimate of drug-likeness (QED) is 0.135. The third kappa shape index (κ3) is 10.7. The largest absolute Gasteiger partial charge is 0.480 e. The van der Waals surface area contributed by atoms with Crippen LogP contribution in [0.3, 0.4) is 0 Å². The van der Waals surface area contributed by atoms with Crippen molar-refractivity contribution in [2.45, 2.75) is 57.2 Å². The molecule has 39 heavy (non-hydrogen) atoms. The summed E-state index contributed by atoms with van der Waals surface area (Å²) in [6.07, 6.45) is 0.600. The number of nitrogens with one attached hydrogen (secondary N) is 3. The first kappa shape index (κ1) is 30.6. The SMILES string of the molecule is CCCCCNC(=O)[C@H](Cc1ccc(OC(C(=O)O)C(=O)O)cc1)NC(=O)NC(Cc1ccccc1)C(=O)O. The Bertz CT molecular complexity index is 1110. The maximum Gasteiger partial charge on any atom is 0.356 e. The minimum atomic E-state index is -2.08. The highest BCUT2D eigenvalue weighted by Crippen LogP contribution is 2.16. The van der Waals surface area contributed by atoms with Crippen molar-refractivity contribution < 1.29 is 44.0 Å². The Kier molecular flexibility index (Phi) is 12.2. The summed E-state index contributed by atoms with van der Waals surface area (Å²) in [5.41, 5.74) is 1.27. The van der Waals surface area contributed by atoms with Gasteiger partial charge in [-0.15, -0.1) is 0 Å². The van der Waals surface area contributed by atoms with Crippen LogP contribution >= 0.6 is 0 Å². The van der Waals surface area contributed by atoms with Gasteiger partial charge < -0.3 is 36.0 Å². The first-order valence-electron chi connectivity index (χ1n) is 12.4. The van der Waals surface area contributed by atoms with Gasteiger partial charge in [-0.05, 0) is 29.7 Å². The highest BCUT2D eigenvalue weighted by molar-refractivity contribution is 5.96. The fraction of sp³-hybridized carbons (Fsp3) is 0.370. The van der Waals surface area contributed by atoms with Crippen LogP contribution in [0.5, 0.6) is 5.75 Å². The van der Waals surface area contributed by atoms with Gasteiger partial charge in [-0.1, -0.05) is 62.2 Å². The zero-order valence-electron chi connectivity index (χ0n) is 21.5. The summed E-state index contributed by atoms with van der Waals surface area (Å²) in [4.78, 5) is 59.5. The van der Waals surface area contributed by atoms with Gasteiger partial charge in [-0.2, -0.15) is 0 Å². The smallest absolute Gasteiger partial charge is 0.356 e. The molecular formula is C27H33N3O9. The molecule has 210 valence electrons. The second kappa shape index (κ2) is 15.6. The lowest BCUT2D eigenvalue weighted by molar-refractivity contribution is -0.159. The predicted molar refractivity (Wildman–Crippen MR) is 139 cm³/mol. The van der Waals surface area contributed by atoms with E-state index in [9.17, 15) is 29.1 Å². The van der Waals surface area contributed by atoms with E-state index < -0.39 is 48.0 Å². The van der Waals surface area contributed by atoms with Crippen molar-refractivity contribution in [1.29, 1.82) is 0 Å². The van der Waals surface area contributed by atoms with E-state index in [1.165, 1.54) is 24.3 Å². The van der Waals surface area contributed by atoms with Gasteiger partial charge in [0.05, 0.1) is 0 Å². The second-order valence-corrected chi connectivity index (χ2v) is 8.77. The third-order valence-electron chi connectivity index (χ3n) is 5.65. The van der Waals surface area contributed by atoms with Crippen LogP contribution in [0.15, 0.2) is 54.6 Å². The molecule has 0 saturated carbocycles. The number of aliphatic carboxylic acids is 3. The topological polar surface area (TPSA) is 191 Å². The Morgan fingerprint density at radius 3 is 1.87 bits per heavy atom. The molecule has 0 spiro atoms. The maximum absolute atomic E-state index is 12.9. The summed E-state index contributed by atoms with van der Waals surface area (Å²) < 4.78 is 4.99. The Morgan fingerprint density at radius 2 is 1.31 bits per heavy atom. The van der Waals surface area contributed by atoms with Crippen molar-refractivity contribution in [3.05, 3.63) is 65.7 Å². The van der Waals surface area contributed by atoms with E-state index in [-0.39, 0.29) is 18.6 Å². The molecule has 3 amide bonds. The molecule has 0 aliphatic heterocycles. The molecule has 0 heterocycles. The summed E-state index contributed by atoms with van der Waals surface area (Å²) in [7, 11) is 0. The number of hydrogen-bond acceptors (Lipinski definition) is 6. The molecule has 0 saturated heterocycles. The molecule has 12 heteroatoms. The molecule has 2 atom stereocenters. The Labute approximate surface area is 225 Å². The predicted octanol–water partition coefficient (Wildman–Crippen LogP) is 1.82. The van der Waals surface area contributed by atoms with Gasteiger partial charge in [0, 0.05) is 19.4 Å². The van der Waals surface area contributed by atoms with Gasteiger partial charge in [0.1, 0.15) is 17.8 Å². The van der Waals surface area contributed by atoms with E-state index in [0.29, 0.717) is 17.7 Å². The number of carbonyl (C=O) groups excluding carboxylic acids is 2. The number of hydrogen-bond donors (Lipinski definition) is 6. The molecule has 0 aromatic heterocycles. The number of carbonyl (C=O) groups is 5. The van der Waals surface area contributed by atoms with Gasteiger partial charge >= 0.3 is 23.9 Å². The first-order chi connectivity index (χ1) is 18.6. The number of unbranched alkanes of at least 4 members (excludes halogenated alkanes) is 2. The fourth-order valence-corrected chi connectivity index (χ4v) is 3.61. The minimum Gasteiger partial charge on any atom is -0.480 e. The van der Waals surface area contributed by atoms with Crippen LogP contribution in [0.4, 0.5) is 4.79 Å². The van der Waals surface area contributed by atoms with Crippen molar-refractivity contribution >= 4 is 29.8 Å². The molecule has 2 aromatic carbocycles. The van der Waals surface area contributed by atoms with Crippen LogP contribution in [0.2, 0.25) is 0 Å². The molecule has 12 nitrogen and oxygen atoms in total. The van der Waals surface area contributed by atoms with Crippen LogP contribution in [-0.4, -0.2) is 69.9 Å². The Hall–Kier alpha value is -4.61. The number of rotatable bonds is 16. The first-order valence-corrected chi connectivity index (χ1v) is 12.4. The van der Waals surface area contributed by atoms with Gasteiger partial charge in [-0.3, -0.25) is 4.79 Å². The number of amides is 3. The lowest BCUT2D eigenvalue weighted by atomic mass is 10.0.